The highest BCUT2D eigenvalue weighted by Gasteiger charge is 2.30. The molecule has 3 aromatic rings. The third-order valence-corrected chi connectivity index (χ3v) is 7.32. The van der Waals surface area contributed by atoms with Gasteiger partial charge in [0.25, 0.3) is 10.0 Å². The number of nitrogens with zero attached hydrogens (tertiary/aromatic N) is 4. The number of benzene rings is 2. The van der Waals surface area contributed by atoms with Gasteiger partial charge in [-0.2, -0.15) is 4.31 Å². The Labute approximate surface area is 202 Å². The van der Waals surface area contributed by atoms with Crippen LogP contribution in [0.2, 0.25) is 0 Å². The van der Waals surface area contributed by atoms with E-state index in [9.17, 15) is 13.2 Å². The average molecular weight is 481 g/mol. The lowest BCUT2D eigenvalue weighted by molar-refractivity contribution is -0.115. The van der Waals surface area contributed by atoms with Crippen LogP contribution in [-0.4, -0.2) is 42.3 Å². The first-order valence-corrected chi connectivity index (χ1v) is 12.9. The van der Waals surface area contributed by atoms with Gasteiger partial charge in [-0.15, -0.1) is 0 Å². The van der Waals surface area contributed by atoms with Gasteiger partial charge in [0.05, 0.1) is 4.90 Å². The van der Waals surface area contributed by atoms with Crippen molar-refractivity contribution in [1.29, 1.82) is 0 Å². The van der Waals surface area contributed by atoms with Crippen LogP contribution in [0.4, 0.5) is 5.95 Å². The van der Waals surface area contributed by atoms with Crippen LogP contribution in [0.1, 0.15) is 50.7 Å². The molecule has 0 N–H and O–H groups in total. The Kier molecular flexibility index (Phi) is 8.90. The van der Waals surface area contributed by atoms with Crippen LogP contribution in [0, 0.1) is 0 Å². The number of hydrogen-bond acceptors (Lipinski definition) is 6. The van der Waals surface area contributed by atoms with Gasteiger partial charge in [0.2, 0.25) is 11.9 Å². The molecule has 0 bridgehead atoms. The molecular weight excluding hydrogens is 448 g/mol. The Balaban J connectivity index is 0.000000226. The molecule has 1 saturated heterocycles. The zero-order valence-electron chi connectivity index (χ0n) is 20.0. The number of sulfonamides is 1. The van der Waals surface area contributed by atoms with E-state index >= 15 is 0 Å². The predicted molar refractivity (Wildman–Crippen MR) is 134 cm³/mol. The number of rotatable bonds is 6. The van der Waals surface area contributed by atoms with Gasteiger partial charge in [-0.25, -0.2) is 18.4 Å². The maximum atomic E-state index is 12.7. The molecule has 7 nitrogen and oxygen atoms in total. The molecule has 180 valence electrons. The maximum absolute atomic E-state index is 12.7. The van der Waals surface area contributed by atoms with Gasteiger partial charge >= 0.3 is 0 Å². The normalized spacial score (nSPS) is 13.9. The lowest BCUT2D eigenvalue weighted by atomic mass is 10.0. The Morgan fingerprint density at radius 2 is 1.53 bits per heavy atom. The molecule has 0 unspecified atom stereocenters. The Morgan fingerprint density at radius 1 is 0.941 bits per heavy atom. The van der Waals surface area contributed by atoms with E-state index in [0.717, 1.165) is 19.0 Å². The molecular formula is C26H32N4O3S. The van der Waals surface area contributed by atoms with Crippen LogP contribution >= 0.6 is 0 Å². The summed E-state index contributed by atoms with van der Waals surface area (Å²) in [5.74, 6) is -0.541. The van der Waals surface area contributed by atoms with Crippen LogP contribution in [0.3, 0.4) is 0 Å². The highest BCUT2D eigenvalue weighted by atomic mass is 32.2. The molecule has 1 fully saturated rings. The lowest BCUT2D eigenvalue weighted by Gasteiger charge is -2.19. The van der Waals surface area contributed by atoms with Crippen LogP contribution in [0.15, 0.2) is 78.0 Å². The fraction of sp³-hybridized carbons (Fsp3) is 0.346. The second kappa shape index (κ2) is 11.9. The van der Waals surface area contributed by atoms with Crippen molar-refractivity contribution in [2.45, 2.75) is 51.0 Å². The molecule has 0 spiro atoms. The summed E-state index contributed by atoms with van der Waals surface area (Å²) in [6, 6.07) is 18.7. The highest BCUT2D eigenvalue weighted by Crippen LogP contribution is 2.23. The van der Waals surface area contributed by atoms with Crippen molar-refractivity contribution in [1.82, 2.24) is 14.9 Å². The molecule has 0 radical (unpaired) electrons. The fourth-order valence-electron chi connectivity index (χ4n) is 3.73. The van der Waals surface area contributed by atoms with E-state index in [4.69, 9.17) is 0 Å². The van der Waals surface area contributed by atoms with Gasteiger partial charge < -0.3 is 0 Å². The second-order valence-corrected chi connectivity index (χ2v) is 10.3. The first-order valence-electron chi connectivity index (χ1n) is 11.5. The Bertz CT molecular complexity index is 1150. The molecule has 4 rings (SSSR count). The van der Waals surface area contributed by atoms with Crippen molar-refractivity contribution >= 4 is 21.9 Å². The molecule has 1 aliphatic heterocycles. The molecule has 0 aliphatic carbocycles. The quantitative estimate of drug-likeness (QED) is 0.512. The first-order chi connectivity index (χ1) is 16.3. The van der Waals surface area contributed by atoms with Crippen molar-refractivity contribution in [2.75, 3.05) is 17.4 Å². The largest absolute Gasteiger partial charge is 0.299 e. The molecule has 0 saturated carbocycles. The summed E-state index contributed by atoms with van der Waals surface area (Å²) in [6.45, 7) is 8.91. The zero-order valence-corrected chi connectivity index (χ0v) is 20.8. The molecule has 2 aromatic carbocycles. The summed E-state index contributed by atoms with van der Waals surface area (Å²) in [6.07, 6.45) is 5.53. The van der Waals surface area contributed by atoms with E-state index in [1.165, 1.54) is 56.0 Å². The van der Waals surface area contributed by atoms with Crippen LogP contribution in [0.25, 0.3) is 0 Å². The SMILES string of the molecule is CC(=O)N(c1ncccn1)S(=O)(=O)c1ccc(C(C)C)cc1.c1ccc(CN2CCCC2)cc1. The van der Waals surface area contributed by atoms with Crippen molar-refractivity contribution in [3.05, 3.63) is 84.2 Å². The van der Waals surface area contributed by atoms with Crippen molar-refractivity contribution in [3.8, 4) is 0 Å². The standard InChI is InChI=1S/C15H17N3O3S.C11H15N/c1-11(2)13-5-7-14(8-6-13)22(20,21)18(12(3)19)15-16-9-4-10-17-15;1-2-6-11(7-3-1)10-12-8-4-5-9-12/h4-11H,1-3H3;1-3,6-7H,4-5,8-10H2. The summed E-state index contributed by atoms with van der Waals surface area (Å²) >= 11 is 0. The number of carbonyl (C=O) groups excluding carboxylic acids is 1. The lowest BCUT2D eigenvalue weighted by Crippen LogP contribution is -2.36. The van der Waals surface area contributed by atoms with E-state index in [2.05, 4.69) is 45.2 Å². The number of anilines is 1. The van der Waals surface area contributed by atoms with Crippen LogP contribution in [-0.2, 0) is 21.4 Å². The molecule has 2 heterocycles. The van der Waals surface area contributed by atoms with E-state index in [1.807, 2.05) is 13.8 Å². The summed E-state index contributed by atoms with van der Waals surface area (Å²) in [5, 5.41) is 0. The second-order valence-electron chi connectivity index (χ2n) is 8.53. The van der Waals surface area contributed by atoms with Crippen molar-refractivity contribution in [2.24, 2.45) is 0 Å². The zero-order chi connectivity index (χ0) is 24.6. The van der Waals surface area contributed by atoms with Crippen molar-refractivity contribution < 1.29 is 13.2 Å². The minimum absolute atomic E-state index is 0.0274. The molecule has 1 amide bonds. The molecule has 34 heavy (non-hydrogen) atoms. The third kappa shape index (κ3) is 6.71. The highest BCUT2D eigenvalue weighted by molar-refractivity contribution is 7.93. The summed E-state index contributed by atoms with van der Waals surface area (Å²) in [4.78, 5) is 22.1. The van der Waals surface area contributed by atoms with Crippen LogP contribution in [0.5, 0.6) is 0 Å². The van der Waals surface area contributed by atoms with Crippen LogP contribution < -0.4 is 4.31 Å². The Morgan fingerprint density at radius 3 is 2.06 bits per heavy atom. The van der Waals surface area contributed by atoms with E-state index in [-0.39, 0.29) is 16.8 Å². The van der Waals surface area contributed by atoms with E-state index < -0.39 is 15.9 Å². The summed E-state index contributed by atoms with van der Waals surface area (Å²) < 4.78 is 26.0. The fourth-order valence-corrected chi connectivity index (χ4v) is 5.06. The average Bonchev–Trinajstić information content (AvgIpc) is 3.34. The van der Waals surface area contributed by atoms with E-state index in [1.54, 1.807) is 18.2 Å². The van der Waals surface area contributed by atoms with E-state index in [0.29, 0.717) is 4.31 Å². The maximum Gasteiger partial charge on any atom is 0.273 e. The first kappa shape index (κ1) is 25.5. The smallest absolute Gasteiger partial charge is 0.273 e. The molecule has 1 aliphatic rings. The number of aromatic nitrogens is 2. The van der Waals surface area contributed by atoms with Crippen molar-refractivity contribution in [3.63, 3.8) is 0 Å². The molecule has 8 heteroatoms. The third-order valence-electron chi connectivity index (χ3n) is 5.55. The minimum atomic E-state index is -4.04. The van der Waals surface area contributed by atoms with Gasteiger partial charge in [0.15, 0.2) is 0 Å². The summed E-state index contributed by atoms with van der Waals surface area (Å²) in [5.41, 5.74) is 2.46. The van der Waals surface area contributed by atoms with Gasteiger partial charge in [-0.1, -0.05) is 56.3 Å². The Hall–Kier alpha value is -3.10. The van der Waals surface area contributed by atoms with Gasteiger partial charge in [-0.05, 0) is 61.2 Å². The topological polar surface area (TPSA) is 83.5 Å². The molecule has 0 atom stereocenters. The predicted octanol–water partition coefficient (Wildman–Crippen LogP) is 4.62. The number of likely N-dealkylation sites (tertiary alicyclic amines) is 1. The van der Waals surface area contributed by atoms with Gasteiger partial charge in [-0.3, -0.25) is 9.69 Å². The number of carbonyl (C=O) groups is 1. The summed E-state index contributed by atoms with van der Waals surface area (Å²) in [7, 11) is -4.04. The number of amides is 1. The molecule has 1 aromatic heterocycles. The number of hydrogen-bond donors (Lipinski definition) is 0. The monoisotopic (exact) mass is 480 g/mol. The minimum Gasteiger partial charge on any atom is -0.299 e. The van der Waals surface area contributed by atoms with Gasteiger partial charge in [0.1, 0.15) is 0 Å². The van der Waals surface area contributed by atoms with Gasteiger partial charge in [0, 0.05) is 25.9 Å².